The van der Waals surface area contributed by atoms with Crippen LogP contribution in [0.25, 0.3) is 10.9 Å². The molecular formula is C24H23F4N7O5. The highest BCUT2D eigenvalue weighted by molar-refractivity contribution is 6.07. The number of nitrogens with two attached hydrogens (primary N) is 2. The average Bonchev–Trinajstić information content (AvgIpc) is 3.29. The van der Waals surface area contributed by atoms with E-state index in [-0.39, 0.29) is 41.4 Å². The first kappa shape index (κ1) is 28.1. The SMILES string of the molecule is NC(=O)c1cc(NC2=NCC(F)CN2)c2cnn(C(C(N)=O)[C@@H](CC(=O)O)c3ccc(F)c(OC(F)F)c3)c2c1. The molecule has 2 amide bonds. The summed E-state index contributed by atoms with van der Waals surface area (Å²) in [6.45, 7) is -3.50. The molecule has 0 spiro atoms. The zero-order chi connectivity index (χ0) is 29.1. The third kappa shape index (κ3) is 6.05. The van der Waals surface area contributed by atoms with Crippen molar-refractivity contribution in [3.63, 3.8) is 0 Å². The van der Waals surface area contributed by atoms with E-state index in [1.807, 2.05) is 0 Å². The fourth-order valence-electron chi connectivity index (χ4n) is 4.37. The molecule has 0 bridgehead atoms. The van der Waals surface area contributed by atoms with E-state index in [4.69, 9.17) is 11.5 Å². The Hall–Kier alpha value is -4.89. The van der Waals surface area contributed by atoms with Crippen LogP contribution in [-0.4, -0.2) is 64.5 Å². The normalized spacial score (nSPS) is 16.6. The van der Waals surface area contributed by atoms with Crippen LogP contribution in [0.3, 0.4) is 0 Å². The van der Waals surface area contributed by atoms with E-state index in [1.165, 1.54) is 18.3 Å². The number of halogens is 4. The summed E-state index contributed by atoms with van der Waals surface area (Å²) in [5, 5.41) is 19.8. The molecule has 2 unspecified atom stereocenters. The highest BCUT2D eigenvalue weighted by Gasteiger charge is 2.34. The van der Waals surface area contributed by atoms with Crippen molar-refractivity contribution in [2.45, 2.75) is 31.2 Å². The molecule has 1 aromatic heterocycles. The van der Waals surface area contributed by atoms with E-state index in [2.05, 4.69) is 25.5 Å². The number of anilines is 1. The molecule has 0 fully saturated rings. The first-order chi connectivity index (χ1) is 18.9. The lowest BCUT2D eigenvalue weighted by molar-refractivity contribution is -0.138. The molecule has 1 aliphatic heterocycles. The summed E-state index contributed by atoms with van der Waals surface area (Å²) in [6.07, 6.45) is -0.639. The van der Waals surface area contributed by atoms with Crippen molar-refractivity contribution in [3.05, 3.63) is 53.5 Å². The molecule has 0 aliphatic carbocycles. The number of hydrogen-bond acceptors (Lipinski definition) is 8. The third-order valence-electron chi connectivity index (χ3n) is 6.12. The number of carbonyl (C=O) groups excluding carboxylic acids is 2. The van der Waals surface area contributed by atoms with Crippen LogP contribution in [0.15, 0.2) is 41.5 Å². The Bertz CT molecular complexity index is 1500. The zero-order valence-corrected chi connectivity index (χ0v) is 20.5. The molecule has 3 atom stereocenters. The summed E-state index contributed by atoms with van der Waals surface area (Å²) in [7, 11) is 0. The topological polar surface area (TPSA) is 187 Å². The van der Waals surface area contributed by atoms with Gasteiger partial charge in [-0.1, -0.05) is 6.07 Å². The van der Waals surface area contributed by atoms with Gasteiger partial charge in [0.2, 0.25) is 11.8 Å². The second kappa shape index (κ2) is 11.5. The van der Waals surface area contributed by atoms with Gasteiger partial charge in [0.05, 0.1) is 36.9 Å². The number of aliphatic imine (C=N–C) groups is 1. The third-order valence-corrected chi connectivity index (χ3v) is 6.12. The van der Waals surface area contributed by atoms with Crippen molar-refractivity contribution in [3.8, 4) is 5.75 Å². The molecule has 12 nitrogen and oxygen atoms in total. The molecule has 0 radical (unpaired) electrons. The number of fused-ring (bicyclic) bond motifs is 1. The number of benzene rings is 2. The van der Waals surface area contributed by atoms with Gasteiger partial charge in [-0.15, -0.1) is 0 Å². The number of ether oxygens (including phenoxy) is 1. The van der Waals surface area contributed by atoms with Gasteiger partial charge in [0, 0.05) is 16.9 Å². The second-order valence-corrected chi connectivity index (χ2v) is 8.82. The number of hydrogen-bond donors (Lipinski definition) is 5. The van der Waals surface area contributed by atoms with Crippen molar-refractivity contribution in [1.29, 1.82) is 0 Å². The number of guanidine groups is 1. The average molecular weight is 565 g/mol. The van der Waals surface area contributed by atoms with Gasteiger partial charge in [-0.2, -0.15) is 13.9 Å². The van der Waals surface area contributed by atoms with Gasteiger partial charge in [0.25, 0.3) is 0 Å². The molecule has 0 saturated heterocycles. The molecule has 2 aromatic carbocycles. The van der Waals surface area contributed by atoms with Crippen LogP contribution >= 0.6 is 0 Å². The van der Waals surface area contributed by atoms with Gasteiger partial charge in [-0.3, -0.25) is 19.1 Å². The van der Waals surface area contributed by atoms with Gasteiger partial charge in [0.1, 0.15) is 12.2 Å². The lowest BCUT2D eigenvalue weighted by Gasteiger charge is -2.26. The highest BCUT2D eigenvalue weighted by Crippen LogP contribution is 2.37. The number of aromatic nitrogens is 2. The van der Waals surface area contributed by atoms with E-state index < -0.39 is 60.5 Å². The standard InChI is InChI=1S/C24H23F4N7O5/c25-12-7-31-24(32-8-12)34-16-3-11(21(29)38)4-17-14(16)9-33-35(17)20(22(30)39)13(6-19(36)37)10-1-2-15(26)18(5-10)40-23(27)28/h1-5,9,12-13,20,23H,6-8H2,(H2,29,38)(H2,30,39)(H,36,37)(H2,31,32,34)/t13-,20?/m0/s1. The summed E-state index contributed by atoms with van der Waals surface area (Å²) in [4.78, 5) is 40.7. The summed E-state index contributed by atoms with van der Waals surface area (Å²) in [6, 6.07) is 3.86. The monoisotopic (exact) mass is 565 g/mol. The van der Waals surface area contributed by atoms with Gasteiger partial charge >= 0.3 is 12.6 Å². The van der Waals surface area contributed by atoms with Gasteiger partial charge in [-0.05, 0) is 29.8 Å². The maximum absolute atomic E-state index is 14.1. The maximum Gasteiger partial charge on any atom is 0.387 e. The zero-order valence-electron chi connectivity index (χ0n) is 20.5. The molecule has 7 N–H and O–H groups in total. The van der Waals surface area contributed by atoms with Crippen LogP contribution < -0.4 is 26.8 Å². The summed E-state index contributed by atoms with van der Waals surface area (Å²) >= 11 is 0. The van der Waals surface area contributed by atoms with E-state index in [0.717, 1.165) is 22.9 Å². The fourth-order valence-corrected chi connectivity index (χ4v) is 4.37. The minimum Gasteiger partial charge on any atom is -0.481 e. The van der Waals surface area contributed by atoms with Crippen LogP contribution in [0.2, 0.25) is 0 Å². The number of amides is 2. The number of nitrogens with zero attached hydrogens (tertiary/aromatic N) is 3. The molecule has 0 saturated carbocycles. The Morgan fingerprint density at radius 1 is 1.23 bits per heavy atom. The number of carboxylic acid groups (broad SMARTS) is 1. The largest absolute Gasteiger partial charge is 0.481 e. The van der Waals surface area contributed by atoms with Gasteiger partial charge in [-0.25, -0.2) is 13.8 Å². The Balaban J connectivity index is 1.86. The second-order valence-electron chi connectivity index (χ2n) is 8.82. The molecule has 16 heteroatoms. The lowest BCUT2D eigenvalue weighted by Crippen LogP contribution is -2.41. The summed E-state index contributed by atoms with van der Waals surface area (Å²) in [5.41, 5.74) is 11.4. The Morgan fingerprint density at radius 2 is 1.98 bits per heavy atom. The number of alkyl halides is 3. The predicted molar refractivity (Wildman–Crippen MR) is 133 cm³/mol. The first-order valence-electron chi connectivity index (χ1n) is 11.7. The van der Waals surface area contributed by atoms with E-state index in [0.29, 0.717) is 5.39 Å². The van der Waals surface area contributed by atoms with E-state index >= 15 is 0 Å². The molecule has 2 heterocycles. The molecule has 40 heavy (non-hydrogen) atoms. The number of carbonyl (C=O) groups is 3. The van der Waals surface area contributed by atoms with Crippen molar-refractivity contribution < 1.29 is 41.8 Å². The quantitative estimate of drug-likeness (QED) is 0.230. The number of rotatable bonds is 10. The maximum atomic E-state index is 14.1. The molecular weight excluding hydrogens is 542 g/mol. The number of carboxylic acids is 1. The minimum absolute atomic E-state index is 0.0146. The first-order valence-corrected chi connectivity index (χ1v) is 11.7. The van der Waals surface area contributed by atoms with Crippen LogP contribution in [0, 0.1) is 5.82 Å². The summed E-state index contributed by atoms with van der Waals surface area (Å²) < 4.78 is 58.5. The minimum atomic E-state index is -3.37. The van der Waals surface area contributed by atoms with Gasteiger partial charge < -0.3 is 31.9 Å². The van der Waals surface area contributed by atoms with Gasteiger partial charge in [0.15, 0.2) is 17.5 Å². The summed E-state index contributed by atoms with van der Waals surface area (Å²) in [5.74, 6) is -6.47. The Labute approximate surface area is 223 Å². The smallest absolute Gasteiger partial charge is 0.387 e. The van der Waals surface area contributed by atoms with E-state index in [1.54, 1.807) is 0 Å². The number of primary amides is 2. The molecule has 4 rings (SSSR count). The van der Waals surface area contributed by atoms with Crippen LogP contribution in [0.4, 0.5) is 23.2 Å². The lowest BCUT2D eigenvalue weighted by atomic mass is 9.87. The molecule has 1 aliphatic rings. The number of nitrogens with one attached hydrogen (secondary N) is 2. The fraction of sp³-hybridized carbons (Fsp3) is 0.292. The van der Waals surface area contributed by atoms with E-state index in [9.17, 15) is 37.1 Å². The predicted octanol–water partition coefficient (Wildman–Crippen LogP) is 1.87. The van der Waals surface area contributed by atoms with Crippen molar-refractivity contribution in [2.75, 3.05) is 18.4 Å². The van der Waals surface area contributed by atoms with Crippen molar-refractivity contribution >= 4 is 40.3 Å². The van der Waals surface area contributed by atoms with Crippen LogP contribution in [0.1, 0.15) is 34.3 Å². The van der Waals surface area contributed by atoms with Crippen LogP contribution in [-0.2, 0) is 9.59 Å². The van der Waals surface area contributed by atoms with Crippen molar-refractivity contribution in [1.82, 2.24) is 15.1 Å². The van der Waals surface area contributed by atoms with Crippen LogP contribution in [0.5, 0.6) is 5.75 Å². The Morgan fingerprint density at radius 3 is 2.58 bits per heavy atom. The van der Waals surface area contributed by atoms with Crippen molar-refractivity contribution in [2.24, 2.45) is 16.5 Å². The highest BCUT2D eigenvalue weighted by atomic mass is 19.3. The molecule has 3 aromatic rings. The number of aliphatic carboxylic acids is 1. The Kier molecular flexibility index (Phi) is 8.06. The molecule has 212 valence electrons.